The molecule has 0 unspecified atom stereocenters. The van der Waals surface area contributed by atoms with Crippen molar-refractivity contribution in [3.05, 3.63) is 59.4 Å². The average Bonchev–Trinajstić information content (AvgIpc) is 2.46. The number of anilines is 1. The molecule has 21 heavy (non-hydrogen) atoms. The summed E-state index contributed by atoms with van der Waals surface area (Å²) in [4.78, 5) is 13.4. The second-order valence-corrected chi connectivity index (χ2v) is 4.90. The number of para-hydroxylation sites is 1. The van der Waals surface area contributed by atoms with Gasteiger partial charge in [-0.3, -0.25) is 4.79 Å². The third-order valence-electron chi connectivity index (χ3n) is 3.30. The molecule has 0 spiro atoms. The van der Waals surface area contributed by atoms with Crippen molar-refractivity contribution in [2.24, 2.45) is 0 Å². The van der Waals surface area contributed by atoms with Gasteiger partial charge in [-0.25, -0.2) is 4.39 Å². The first kappa shape index (κ1) is 15.0. The van der Waals surface area contributed by atoms with Gasteiger partial charge in [0.1, 0.15) is 11.6 Å². The maximum Gasteiger partial charge on any atom is 0.161 e. The molecule has 0 N–H and O–H groups in total. The average molecular weight is 287 g/mol. The van der Waals surface area contributed by atoms with Crippen molar-refractivity contribution >= 4 is 11.5 Å². The minimum absolute atomic E-state index is 0.151. The molecule has 0 saturated heterocycles. The SMILES string of the molecule is COc1cccc(CN(C)c2c(F)cccc2C(C)=O)c1. The molecule has 0 atom stereocenters. The van der Waals surface area contributed by atoms with Crippen molar-refractivity contribution in [2.45, 2.75) is 13.5 Å². The normalized spacial score (nSPS) is 10.3. The van der Waals surface area contributed by atoms with Crippen LogP contribution in [-0.4, -0.2) is 19.9 Å². The molecule has 4 heteroatoms. The van der Waals surface area contributed by atoms with Crippen molar-refractivity contribution in [3.8, 4) is 5.75 Å². The Bertz CT molecular complexity index is 655. The van der Waals surface area contributed by atoms with E-state index in [-0.39, 0.29) is 5.78 Å². The summed E-state index contributed by atoms with van der Waals surface area (Å²) in [6.07, 6.45) is 0. The molecule has 0 bridgehead atoms. The molecule has 3 nitrogen and oxygen atoms in total. The number of carbonyl (C=O) groups excluding carboxylic acids is 1. The summed E-state index contributed by atoms with van der Waals surface area (Å²) < 4.78 is 19.3. The van der Waals surface area contributed by atoms with Gasteiger partial charge in [0.15, 0.2) is 5.78 Å². The van der Waals surface area contributed by atoms with Gasteiger partial charge in [-0.15, -0.1) is 0 Å². The zero-order valence-corrected chi connectivity index (χ0v) is 12.4. The fourth-order valence-electron chi connectivity index (χ4n) is 2.31. The van der Waals surface area contributed by atoms with Gasteiger partial charge in [0, 0.05) is 19.2 Å². The maximum absolute atomic E-state index is 14.1. The standard InChI is InChI=1S/C17H18FNO2/c1-12(20)15-8-5-9-16(18)17(15)19(2)11-13-6-4-7-14(10-13)21-3/h4-10H,11H2,1-3H3. The number of ether oxygens (including phenoxy) is 1. The Morgan fingerprint density at radius 1 is 1.24 bits per heavy atom. The highest BCUT2D eigenvalue weighted by Gasteiger charge is 2.16. The highest BCUT2D eigenvalue weighted by molar-refractivity contribution is 5.99. The van der Waals surface area contributed by atoms with E-state index in [1.807, 2.05) is 24.3 Å². The molecule has 2 aromatic carbocycles. The van der Waals surface area contributed by atoms with E-state index in [4.69, 9.17) is 4.74 Å². The number of methoxy groups -OCH3 is 1. The third-order valence-corrected chi connectivity index (χ3v) is 3.30. The summed E-state index contributed by atoms with van der Waals surface area (Å²) in [6, 6.07) is 12.1. The Balaban J connectivity index is 2.32. The van der Waals surface area contributed by atoms with E-state index in [0.29, 0.717) is 17.8 Å². The van der Waals surface area contributed by atoms with Crippen LogP contribution in [0.25, 0.3) is 0 Å². The van der Waals surface area contributed by atoms with Crippen LogP contribution in [0.3, 0.4) is 0 Å². The van der Waals surface area contributed by atoms with Crippen LogP contribution in [0, 0.1) is 5.82 Å². The largest absolute Gasteiger partial charge is 0.497 e. The van der Waals surface area contributed by atoms with Gasteiger partial charge in [0.2, 0.25) is 0 Å². The summed E-state index contributed by atoms with van der Waals surface area (Å²) in [5, 5.41) is 0. The fraction of sp³-hybridized carbons (Fsp3) is 0.235. The van der Waals surface area contributed by atoms with Gasteiger partial charge in [-0.2, -0.15) is 0 Å². The van der Waals surface area contributed by atoms with Gasteiger partial charge >= 0.3 is 0 Å². The summed E-state index contributed by atoms with van der Waals surface area (Å²) in [6.45, 7) is 1.93. The summed E-state index contributed by atoms with van der Waals surface area (Å²) in [5.41, 5.74) is 1.70. The molecule has 2 aromatic rings. The number of hydrogen-bond donors (Lipinski definition) is 0. The molecule has 0 saturated carbocycles. The molecule has 0 aliphatic carbocycles. The first-order valence-corrected chi connectivity index (χ1v) is 6.66. The molecule has 0 fully saturated rings. The number of benzene rings is 2. The zero-order valence-electron chi connectivity index (χ0n) is 12.4. The van der Waals surface area contributed by atoms with Gasteiger partial charge in [-0.1, -0.05) is 18.2 Å². The number of hydrogen-bond acceptors (Lipinski definition) is 3. The second kappa shape index (κ2) is 6.39. The lowest BCUT2D eigenvalue weighted by Gasteiger charge is -2.22. The molecule has 0 aliphatic heterocycles. The van der Waals surface area contributed by atoms with Crippen LogP contribution in [0.5, 0.6) is 5.75 Å². The highest BCUT2D eigenvalue weighted by Crippen LogP contribution is 2.26. The lowest BCUT2D eigenvalue weighted by molar-refractivity contribution is 0.101. The minimum Gasteiger partial charge on any atom is -0.497 e. The van der Waals surface area contributed by atoms with Crippen LogP contribution < -0.4 is 9.64 Å². The molecule has 110 valence electrons. The number of Topliss-reactive ketones (excluding diaryl/α,β-unsaturated/α-hetero) is 1. The lowest BCUT2D eigenvalue weighted by Crippen LogP contribution is -2.20. The summed E-state index contributed by atoms with van der Waals surface area (Å²) >= 11 is 0. The van der Waals surface area contributed by atoms with Crippen molar-refractivity contribution in [2.75, 3.05) is 19.1 Å². The molecular formula is C17H18FNO2. The van der Waals surface area contributed by atoms with Gasteiger partial charge < -0.3 is 9.64 Å². The smallest absolute Gasteiger partial charge is 0.161 e. The fourth-order valence-corrected chi connectivity index (χ4v) is 2.31. The Labute approximate surface area is 124 Å². The van der Waals surface area contributed by atoms with Crippen LogP contribution in [0.2, 0.25) is 0 Å². The minimum atomic E-state index is -0.395. The van der Waals surface area contributed by atoms with E-state index >= 15 is 0 Å². The monoisotopic (exact) mass is 287 g/mol. The predicted octanol–water partition coefficient (Wildman–Crippen LogP) is 3.67. The first-order valence-electron chi connectivity index (χ1n) is 6.66. The molecule has 0 aliphatic rings. The molecule has 0 heterocycles. The van der Waals surface area contributed by atoms with Gasteiger partial charge in [0.25, 0.3) is 0 Å². The molecule has 0 radical (unpaired) electrons. The maximum atomic E-state index is 14.1. The van der Waals surface area contributed by atoms with Crippen LogP contribution in [0.4, 0.5) is 10.1 Å². The van der Waals surface area contributed by atoms with Gasteiger partial charge in [-0.05, 0) is 36.8 Å². The van der Waals surface area contributed by atoms with E-state index < -0.39 is 5.82 Å². The number of nitrogens with zero attached hydrogens (tertiary/aromatic N) is 1. The van der Waals surface area contributed by atoms with E-state index in [9.17, 15) is 9.18 Å². The van der Waals surface area contributed by atoms with Crippen molar-refractivity contribution in [3.63, 3.8) is 0 Å². The van der Waals surface area contributed by atoms with Crippen LogP contribution in [0.1, 0.15) is 22.8 Å². The predicted molar refractivity (Wildman–Crippen MR) is 81.5 cm³/mol. The molecule has 2 rings (SSSR count). The lowest BCUT2D eigenvalue weighted by atomic mass is 10.1. The van der Waals surface area contributed by atoms with E-state index in [1.54, 1.807) is 31.2 Å². The second-order valence-electron chi connectivity index (χ2n) is 4.90. The van der Waals surface area contributed by atoms with Gasteiger partial charge in [0.05, 0.1) is 12.8 Å². The highest BCUT2D eigenvalue weighted by atomic mass is 19.1. The number of halogens is 1. The zero-order chi connectivity index (χ0) is 15.4. The Morgan fingerprint density at radius 2 is 1.95 bits per heavy atom. The van der Waals surface area contributed by atoms with Crippen LogP contribution >= 0.6 is 0 Å². The molecular weight excluding hydrogens is 269 g/mol. The molecule has 0 aromatic heterocycles. The van der Waals surface area contributed by atoms with E-state index in [2.05, 4.69) is 0 Å². The Kier molecular flexibility index (Phi) is 4.58. The first-order chi connectivity index (χ1) is 10.0. The Hall–Kier alpha value is -2.36. The summed E-state index contributed by atoms with van der Waals surface area (Å²) in [5.74, 6) is 0.205. The summed E-state index contributed by atoms with van der Waals surface area (Å²) in [7, 11) is 3.37. The van der Waals surface area contributed by atoms with E-state index in [0.717, 1.165) is 11.3 Å². The topological polar surface area (TPSA) is 29.5 Å². The number of carbonyl (C=O) groups is 1. The Morgan fingerprint density at radius 3 is 2.62 bits per heavy atom. The number of ketones is 1. The van der Waals surface area contributed by atoms with Crippen LogP contribution in [-0.2, 0) is 6.54 Å². The third kappa shape index (κ3) is 3.40. The van der Waals surface area contributed by atoms with E-state index in [1.165, 1.54) is 13.0 Å². The van der Waals surface area contributed by atoms with Crippen molar-refractivity contribution < 1.29 is 13.9 Å². The van der Waals surface area contributed by atoms with Crippen LogP contribution in [0.15, 0.2) is 42.5 Å². The quantitative estimate of drug-likeness (QED) is 0.786. The molecule has 0 amide bonds. The van der Waals surface area contributed by atoms with Crippen molar-refractivity contribution in [1.29, 1.82) is 0 Å². The van der Waals surface area contributed by atoms with Crippen molar-refractivity contribution in [1.82, 2.24) is 0 Å². The number of rotatable bonds is 5.